The van der Waals surface area contributed by atoms with Crippen LogP contribution >= 0.6 is 9.69 Å². The number of rotatable bonds is 1. The van der Waals surface area contributed by atoms with Gasteiger partial charge in [0.15, 0.2) is 4.98 Å². The average molecular weight is 319 g/mol. The van der Waals surface area contributed by atoms with E-state index in [0.29, 0.717) is 17.8 Å². The van der Waals surface area contributed by atoms with Crippen LogP contribution in [0.1, 0.15) is 13.8 Å². The predicted molar refractivity (Wildman–Crippen MR) is 69.3 cm³/mol. The van der Waals surface area contributed by atoms with Crippen molar-refractivity contribution < 1.29 is 22.0 Å². The second-order valence-electron chi connectivity index (χ2n) is 4.26. The van der Waals surface area contributed by atoms with E-state index < -0.39 is 0 Å². The van der Waals surface area contributed by atoms with E-state index in [2.05, 4.69) is 23.7 Å². The fourth-order valence-corrected chi connectivity index (χ4v) is 2.20. The molecule has 0 radical (unpaired) electrons. The molecule has 0 bridgehead atoms. The molecule has 2 unspecified atom stereocenters. The van der Waals surface area contributed by atoms with Crippen molar-refractivity contribution in [2.45, 2.75) is 25.9 Å². The minimum absolute atomic E-state index is 0.376. The van der Waals surface area contributed by atoms with Gasteiger partial charge in [0.25, 0.3) is 0 Å². The van der Waals surface area contributed by atoms with Crippen LogP contribution in [0.5, 0.6) is 0 Å². The molecule has 1 fully saturated rings. The summed E-state index contributed by atoms with van der Waals surface area (Å²) in [6, 6.07) is 8.33. The third-order valence-corrected chi connectivity index (χ3v) is 2.93. The first-order chi connectivity index (χ1) is 8.72. The van der Waals surface area contributed by atoms with Gasteiger partial charge in [-0.3, -0.25) is 0 Å². The molecule has 1 heterocycles. The molecular weight excluding hydrogens is 303 g/mol. The van der Waals surface area contributed by atoms with Gasteiger partial charge in [-0.15, -0.1) is 0 Å². The molecule has 4 nitrogen and oxygen atoms in total. The molecule has 0 saturated carbocycles. The molecule has 0 spiro atoms. The molecule has 2 atom stereocenters. The Morgan fingerprint density at radius 2 is 1.72 bits per heavy atom. The zero-order valence-corrected chi connectivity index (χ0v) is 14.4. The van der Waals surface area contributed by atoms with Gasteiger partial charge < -0.3 is 9.64 Å². The van der Waals surface area contributed by atoms with Crippen LogP contribution in [0.4, 0.5) is 11.4 Å². The van der Waals surface area contributed by atoms with E-state index in [1.54, 1.807) is 0 Å². The second kappa shape index (κ2) is 7.68. The molecule has 0 aliphatic carbocycles. The molecule has 1 saturated heterocycles. The van der Waals surface area contributed by atoms with Crippen molar-refractivity contribution in [1.82, 2.24) is 0 Å². The Bertz CT molecular complexity index is 397. The van der Waals surface area contributed by atoms with E-state index in [-0.39, 0.29) is 0 Å². The van der Waals surface area contributed by atoms with Crippen LogP contribution in [-0.2, 0) is 22.0 Å². The van der Waals surface area contributed by atoms with E-state index in [4.69, 9.17) is 19.8 Å². The van der Waals surface area contributed by atoms with Crippen molar-refractivity contribution in [3.8, 4) is 0 Å². The number of hydrogen-bond donors (Lipinski definition) is 0. The van der Waals surface area contributed by atoms with Crippen LogP contribution in [0, 0.1) is 5.39 Å². The summed E-state index contributed by atoms with van der Waals surface area (Å²) >= 11 is 0.847. The Labute approximate surface area is 122 Å². The van der Waals surface area contributed by atoms with E-state index in [1.165, 1.54) is 0 Å². The van der Waals surface area contributed by atoms with Crippen molar-refractivity contribution in [2.75, 3.05) is 18.1 Å². The maximum atomic E-state index is 8.63. The number of diazo groups is 1. The van der Waals surface area contributed by atoms with E-state index in [9.17, 15) is 0 Å². The fraction of sp³-hybridized carbons (Fsp3) is 0.500. The van der Waals surface area contributed by atoms with Gasteiger partial charge in [0.2, 0.25) is 5.39 Å². The van der Waals surface area contributed by atoms with Gasteiger partial charge in [-0.05, 0) is 26.0 Å². The summed E-state index contributed by atoms with van der Waals surface area (Å²) < 4.78 is 5.49. The molecule has 0 aromatic heterocycles. The van der Waals surface area contributed by atoms with Crippen LogP contribution in [0.2, 0.25) is 0 Å². The normalized spacial score (nSPS) is 22.6. The van der Waals surface area contributed by atoms with Gasteiger partial charge >= 0.3 is 32.7 Å². The maximum absolute atomic E-state index is 8.63. The molecule has 0 amide bonds. The number of nitrogens with zero attached hydrogens (tertiary/aromatic N) is 3. The summed E-state index contributed by atoms with van der Waals surface area (Å²) in [5, 5.41) is 8.63. The quantitative estimate of drug-likeness (QED) is 0.588. The monoisotopic (exact) mass is 317 g/mol. The number of benzene rings is 1. The Hall–Kier alpha value is -0.687. The summed E-state index contributed by atoms with van der Waals surface area (Å²) in [5.41, 5.74) is 1.73. The van der Waals surface area contributed by atoms with Gasteiger partial charge in [-0.2, -0.15) is 0 Å². The average Bonchev–Trinajstić information content (AvgIpc) is 2.41. The SMILES string of the molecule is CC1COCC(C)N1c1ccc([N+]#N)cc1.[Cl][Zn-]. The molecule has 1 aliphatic rings. The molecule has 18 heavy (non-hydrogen) atoms. The Morgan fingerprint density at radius 3 is 2.17 bits per heavy atom. The van der Waals surface area contributed by atoms with Gasteiger partial charge in [0.1, 0.15) is 0 Å². The number of morpholine rings is 1. The van der Waals surface area contributed by atoms with E-state index in [0.717, 1.165) is 36.2 Å². The number of halogens is 1. The molecule has 6 heteroatoms. The molecule has 2 rings (SSSR count). The molecule has 94 valence electrons. The van der Waals surface area contributed by atoms with Crippen molar-refractivity contribution in [1.29, 1.82) is 5.39 Å². The van der Waals surface area contributed by atoms with Crippen LogP contribution in [0.25, 0.3) is 4.98 Å². The van der Waals surface area contributed by atoms with Gasteiger partial charge in [0.05, 0.1) is 13.2 Å². The molecule has 0 N–H and O–H groups in total. The standard InChI is InChI=1S/C12H16N3O.ClH.Zn/c1-9-7-16-8-10(2)15(9)12-5-3-11(14-13)4-6-12;;/h3-6,9-10H,7-8H2,1-2H3;1H;/q+1;;/p-1. The third kappa shape index (κ3) is 3.65. The van der Waals surface area contributed by atoms with Crippen molar-refractivity contribution in [2.24, 2.45) is 0 Å². The molecule has 1 aliphatic heterocycles. The molecular formula is C12H16ClN3OZn. The summed E-state index contributed by atoms with van der Waals surface area (Å²) in [6.45, 7) is 5.83. The Kier molecular flexibility index (Phi) is 6.56. The number of hydrogen-bond acceptors (Lipinski definition) is 3. The van der Waals surface area contributed by atoms with Gasteiger partial charge in [-0.25, -0.2) is 0 Å². The number of anilines is 1. The molecule has 1 aromatic carbocycles. The van der Waals surface area contributed by atoms with Crippen molar-refractivity contribution in [3.63, 3.8) is 0 Å². The van der Waals surface area contributed by atoms with Crippen LogP contribution in [0.3, 0.4) is 0 Å². The Morgan fingerprint density at radius 1 is 1.22 bits per heavy atom. The zero-order chi connectivity index (χ0) is 13.5. The zero-order valence-electron chi connectivity index (χ0n) is 10.7. The summed E-state index contributed by atoms with van der Waals surface area (Å²) in [6.07, 6.45) is 0. The third-order valence-electron chi connectivity index (χ3n) is 2.93. The fourth-order valence-electron chi connectivity index (χ4n) is 2.20. The molecule has 1 aromatic rings. The van der Waals surface area contributed by atoms with Crippen LogP contribution in [-0.4, -0.2) is 25.3 Å². The topological polar surface area (TPSA) is 40.6 Å². The Balaban J connectivity index is 0.000000771. The minimum atomic E-state index is 0.376. The predicted octanol–water partition coefficient (Wildman–Crippen LogP) is 3.47. The first kappa shape index (κ1) is 15.4. The second-order valence-corrected chi connectivity index (χ2v) is 4.26. The summed E-state index contributed by atoms with van der Waals surface area (Å²) in [5.74, 6) is 0. The van der Waals surface area contributed by atoms with Crippen molar-refractivity contribution in [3.05, 3.63) is 29.2 Å². The van der Waals surface area contributed by atoms with Crippen LogP contribution < -0.4 is 4.90 Å². The first-order valence-electron chi connectivity index (χ1n) is 5.80. The first-order valence-corrected chi connectivity index (χ1v) is 9.70. The van der Waals surface area contributed by atoms with E-state index >= 15 is 0 Å². The summed E-state index contributed by atoms with van der Waals surface area (Å²) in [4.78, 5) is 5.49. The van der Waals surface area contributed by atoms with Gasteiger partial charge in [0, 0.05) is 29.9 Å². The summed E-state index contributed by atoms with van der Waals surface area (Å²) in [7, 11) is 4.76. The number of ether oxygens (including phenoxy) is 1. The van der Waals surface area contributed by atoms with E-state index in [1.807, 2.05) is 24.3 Å². The van der Waals surface area contributed by atoms with Crippen molar-refractivity contribution >= 4 is 21.1 Å². The van der Waals surface area contributed by atoms with Crippen LogP contribution in [0.15, 0.2) is 24.3 Å². The van der Waals surface area contributed by atoms with Gasteiger partial charge in [-0.1, -0.05) is 0 Å².